The zero-order valence-electron chi connectivity index (χ0n) is 12.9. The van der Waals surface area contributed by atoms with Crippen LogP contribution in [-0.2, 0) is 4.79 Å². The highest BCUT2D eigenvalue weighted by Crippen LogP contribution is 2.16. The van der Waals surface area contributed by atoms with Gasteiger partial charge in [0, 0.05) is 5.56 Å². The van der Waals surface area contributed by atoms with Gasteiger partial charge in [0.15, 0.2) is 0 Å². The zero-order chi connectivity index (χ0) is 16.9. The lowest BCUT2D eigenvalue weighted by Crippen LogP contribution is -2.34. The quantitative estimate of drug-likeness (QED) is 0.788. The molecule has 122 valence electrons. The number of H-pyrrole nitrogens is 1. The maximum Gasteiger partial charge on any atom is 0.307 e. The van der Waals surface area contributed by atoms with Crippen LogP contribution in [0, 0.1) is 0 Å². The van der Waals surface area contributed by atoms with E-state index < -0.39 is 5.97 Å². The molecular weight excluding hydrogens is 306 g/mol. The number of hydrogen-bond acceptors (Lipinski definition) is 3. The first kappa shape index (κ1) is 15.7. The minimum Gasteiger partial charge on any atom is -0.481 e. The smallest absolute Gasteiger partial charge is 0.307 e. The summed E-state index contributed by atoms with van der Waals surface area (Å²) in [6.07, 6.45) is 7.50. The number of imidazole rings is 1. The molecule has 2 aromatic rings. The number of nitrogens with zero attached hydrogens (tertiary/aromatic N) is 1. The lowest BCUT2D eigenvalue weighted by molar-refractivity contribution is -0.136. The number of carbonyl (C=O) groups is 2. The Balaban J connectivity index is 1.67. The van der Waals surface area contributed by atoms with Crippen molar-refractivity contribution in [3.8, 4) is 11.4 Å². The second kappa shape index (κ2) is 6.95. The minimum atomic E-state index is -0.890. The fraction of sp³-hybridized carbons (Fsp3) is 0.167. The van der Waals surface area contributed by atoms with Crippen LogP contribution < -0.4 is 5.32 Å². The molecule has 0 spiro atoms. The molecule has 3 N–H and O–H groups in total. The summed E-state index contributed by atoms with van der Waals surface area (Å²) in [6.45, 7) is 0. The van der Waals surface area contributed by atoms with Crippen molar-refractivity contribution in [2.75, 3.05) is 0 Å². The number of rotatable bonds is 5. The van der Waals surface area contributed by atoms with Crippen LogP contribution in [0.1, 0.15) is 23.3 Å². The summed E-state index contributed by atoms with van der Waals surface area (Å²) in [5.74, 6) is -0.527. The Morgan fingerprint density at radius 3 is 2.83 bits per heavy atom. The van der Waals surface area contributed by atoms with Gasteiger partial charge in [0.25, 0.3) is 5.91 Å². The Morgan fingerprint density at radius 2 is 2.08 bits per heavy atom. The number of carbonyl (C=O) groups excluding carboxylic acids is 1. The summed E-state index contributed by atoms with van der Waals surface area (Å²) in [4.78, 5) is 30.4. The van der Waals surface area contributed by atoms with Gasteiger partial charge in [-0.3, -0.25) is 9.59 Å². The van der Waals surface area contributed by atoms with Gasteiger partial charge in [-0.05, 0) is 12.0 Å². The first-order valence-corrected chi connectivity index (χ1v) is 7.62. The fourth-order valence-corrected chi connectivity index (χ4v) is 2.57. The van der Waals surface area contributed by atoms with Crippen LogP contribution in [0.15, 0.2) is 60.3 Å². The Labute approximate surface area is 138 Å². The third kappa shape index (κ3) is 3.78. The highest BCUT2D eigenvalue weighted by Gasteiger charge is 2.16. The molecule has 0 saturated heterocycles. The van der Waals surface area contributed by atoms with Gasteiger partial charge in [-0.25, -0.2) is 4.98 Å². The summed E-state index contributed by atoms with van der Waals surface area (Å²) in [5, 5.41) is 11.7. The Hall–Kier alpha value is -3.15. The van der Waals surface area contributed by atoms with Crippen molar-refractivity contribution in [1.29, 1.82) is 0 Å². The maximum atomic E-state index is 12.3. The number of carboxylic acids is 1. The van der Waals surface area contributed by atoms with Gasteiger partial charge in [-0.1, -0.05) is 48.6 Å². The van der Waals surface area contributed by atoms with Crippen molar-refractivity contribution in [2.45, 2.75) is 18.9 Å². The molecule has 1 atom stereocenters. The van der Waals surface area contributed by atoms with E-state index in [1.165, 1.54) is 6.20 Å². The molecule has 0 bridgehead atoms. The Bertz CT molecular complexity index is 806. The molecule has 0 aliphatic heterocycles. The fourth-order valence-electron chi connectivity index (χ4n) is 2.57. The van der Waals surface area contributed by atoms with E-state index in [-0.39, 0.29) is 18.4 Å². The van der Waals surface area contributed by atoms with E-state index in [2.05, 4.69) is 15.3 Å². The molecule has 6 heteroatoms. The van der Waals surface area contributed by atoms with Gasteiger partial charge in [-0.15, -0.1) is 0 Å². The average molecular weight is 323 g/mol. The molecule has 1 aliphatic carbocycles. The first-order chi connectivity index (χ1) is 11.6. The van der Waals surface area contributed by atoms with Crippen LogP contribution in [0.4, 0.5) is 0 Å². The van der Waals surface area contributed by atoms with Crippen molar-refractivity contribution in [1.82, 2.24) is 15.3 Å². The number of nitrogens with one attached hydrogen (secondary N) is 2. The van der Waals surface area contributed by atoms with Crippen molar-refractivity contribution in [2.24, 2.45) is 0 Å². The van der Waals surface area contributed by atoms with Crippen LogP contribution in [0.25, 0.3) is 11.4 Å². The van der Waals surface area contributed by atoms with Gasteiger partial charge in [-0.2, -0.15) is 0 Å². The Morgan fingerprint density at radius 1 is 1.29 bits per heavy atom. The molecule has 1 amide bonds. The SMILES string of the molecule is O=C(O)CC1=CC(NC(=O)c2cnc(-c3ccccc3)[nH]2)CC=C1. The van der Waals surface area contributed by atoms with E-state index >= 15 is 0 Å². The van der Waals surface area contributed by atoms with Gasteiger partial charge in [0.2, 0.25) is 0 Å². The van der Waals surface area contributed by atoms with Gasteiger partial charge < -0.3 is 15.4 Å². The van der Waals surface area contributed by atoms with Crippen LogP contribution in [0.3, 0.4) is 0 Å². The number of aliphatic carboxylic acids is 1. The van der Waals surface area contributed by atoms with E-state index in [1.54, 1.807) is 12.2 Å². The average Bonchev–Trinajstić information content (AvgIpc) is 3.05. The molecule has 0 fully saturated rings. The number of carboxylic acid groups (broad SMARTS) is 1. The molecule has 1 aromatic carbocycles. The summed E-state index contributed by atoms with van der Waals surface area (Å²) in [7, 11) is 0. The van der Waals surface area contributed by atoms with Crippen LogP contribution in [0.5, 0.6) is 0 Å². The molecule has 1 aliphatic rings. The first-order valence-electron chi connectivity index (χ1n) is 7.62. The second-order valence-electron chi connectivity index (χ2n) is 5.54. The van der Waals surface area contributed by atoms with E-state index in [0.717, 1.165) is 5.56 Å². The summed E-state index contributed by atoms with van der Waals surface area (Å²) in [5.41, 5.74) is 1.96. The number of benzene rings is 1. The molecule has 24 heavy (non-hydrogen) atoms. The second-order valence-corrected chi connectivity index (χ2v) is 5.54. The van der Waals surface area contributed by atoms with E-state index in [9.17, 15) is 9.59 Å². The highest BCUT2D eigenvalue weighted by atomic mass is 16.4. The largest absolute Gasteiger partial charge is 0.481 e. The van der Waals surface area contributed by atoms with Crippen LogP contribution >= 0.6 is 0 Å². The number of amides is 1. The Kier molecular flexibility index (Phi) is 4.56. The van der Waals surface area contributed by atoms with E-state index in [0.29, 0.717) is 23.5 Å². The van der Waals surface area contributed by atoms with Crippen molar-refractivity contribution in [3.05, 3.63) is 66.0 Å². The third-order valence-corrected chi connectivity index (χ3v) is 3.68. The summed E-state index contributed by atoms with van der Waals surface area (Å²) < 4.78 is 0. The normalized spacial score (nSPS) is 16.5. The summed E-state index contributed by atoms with van der Waals surface area (Å²) >= 11 is 0. The predicted molar refractivity (Wildman–Crippen MR) is 89.4 cm³/mol. The molecule has 0 radical (unpaired) electrons. The number of aromatic nitrogens is 2. The van der Waals surface area contributed by atoms with Gasteiger partial charge >= 0.3 is 5.97 Å². The molecular formula is C18H17N3O3. The molecule has 0 saturated carbocycles. The van der Waals surface area contributed by atoms with E-state index in [1.807, 2.05) is 36.4 Å². The third-order valence-electron chi connectivity index (χ3n) is 3.68. The molecule has 3 rings (SSSR count). The number of allylic oxidation sites excluding steroid dienone is 1. The molecule has 1 heterocycles. The summed E-state index contributed by atoms with van der Waals surface area (Å²) in [6, 6.07) is 9.32. The molecule has 1 unspecified atom stereocenters. The topological polar surface area (TPSA) is 95.1 Å². The van der Waals surface area contributed by atoms with E-state index in [4.69, 9.17) is 5.11 Å². The van der Waals surface area contributed by atoms with Crippen molar-refractivity contribution in [3.63, 3.8) is 0 Å². The highest BCUT2D eigenvalue weighted by molar-refractivity contribution is 5.93. The standard InChI is InChI=1S/C18H17N3O3/c22-16(23)10-12-5-4-8-14(9-12)20-18(24)15-11-19-17(21-15)13-6-2-1-3-7-13/h1-7,9,11,14H,8,10H2,(H,19,21)(H,20,24)(H,22,23). The van der Waals surface area contributed by atoms with Crippen molar-refractivity contribution >= 4 is 11.9 Å². The van der Waals surface area contributed by atoms with Gasteiger partial charge in [0.05, 0.1) is 18.7 Å². The lowest BCUT2D eigenvalue weighted by Gasteiger charge is -2.17. The minimum absolute atomic E-state index is 0.0505. The molecule has 6 nitrogen and oxygen atoms in total. The molecule has 1 aromatic heterocycles. The lowest BCUT2D eigenvalue weighted by atomic mass is 10.0. The zero-order valence-corrected chi connectivity index (χ0v) is 12.9. The monoisotopic (exact) mass is 323 g/mol. The van der Waals surface area contributed by atoms with Crippen LogP contribution in [-0.4, -0.2) is 33.0 Å². The predicted octanol–water partition coefficient (Wildman–Crippen LogP) is 2.54. The maximum absolute atomic E-state index is 12.3. The van der Waals surface area contributed by atoms with Crippen LogP contribution in [0.2, 0.25) is 0 Å². The number of hydrogen-bond donors (Lipinski definition) is 3. The van der Waals surface area contributed by atoms with Gasteiger partial charge in [0.1, 0.15) is 11.5 Å². The van der Waals surface area contributed by atoms with Crippen molar-refractivity contribution < 1.29 is 14.7 Å². The number of aromatic amines is 1.